The van der Waals surface area contributed by atoms with E-state index in [-0.39, 0.29) is 35.6 Å². The number of aryl methyl sites for hydroxylation is 3. The van der Waals surface area contributed by atoms with Crippen molar-refractivity contribution < 1.29 is 35.6 Å². The molecule has 168 valence electrons. The van der Waals surface area contributed by atoms with Gasteiger partial charge in [-0.15, -0.1) is 0 Å². The Labute approximate surface area is 221 Å². The molecule has 0 aliphatic rings. The molecule has 0 aliphatic heterocycles. The van der Waals surface area contributed by atoms with Gasteiger partial charge in [-0.1, -0.05) is 99.3 Å². The van der Waals surface area contributed by atoms with Crippen molar-refractivity contribution >= 4 is 0 Å². The average Bonchev–Trinajstić information content (AvgIpc) is 3.27. The van der Waals surface area contributed by atoms with Gasteiger partial charge in [-0.3, -0.25) is 0 Å². The first-order chi connectivity index (χ1) is 13.5. The zero-order chi connectivity index (χ0) is 23.3. The molecule has 31 heavy (non-hydrogen) atoms. The molecule has 0 heterocycles. The Morgan fingerprint density at radius 3 is 0.710 bits per heavy atom. The van der Waals surface area contributed by atoms with Crippen molar-refractivity contribution in [3.63, 3.8) is 0 Å². The molecule has 0 fully saturated rings. The molecular weight excluding hydrogens is 499 g/mol. The van der Waals surface area contributed by atoms with E-state index in [1.807, 2.05) is 0 Å². The van der Waals surface area contributed by atoms with Gasteiger partial charge in [0.25, 0.3) is 0 Å². The van der Waals surface area contributed by atoms with Crippen molar-refractivity contribution in [2.24, 2.45) is 0 Å². The van der Waals surface area contributed by atoms with Crippen molar-refractivity contribution in [2.75, 3.05) is 0 Å². The summed E-state index contributed by atoms with van der Waals surface area (Å²) in [4.78, 5) is 0. The van der Waals surface area contributed by atoms with E-state index in [9.17, 15) is 0 Å². The fourth-order valence-electron chi connectivity index (χ4n) is 3.09. The van der Waals surface area contributed by atoms with Crippen LogP contribution < -0.4 is 0 Å². The first-order valence-electron chi connectivity index (χ1n) is 11.2. The smallest absolute Gasteiger partial charge is 0.211 e. The summed E-state index contributed by atoms with van der Waals surface area (Å²) < 4.78 is 0. The van der Waals surface area contributed by atoms with Gasteiger partial charge >= 0.3 is 35.6 Å². The molecule has 0 saturated carbocycles. The van der Waals surface area contributed by atoms with E-state index < -0.39 is 0 Å². The van der Waals surface area contributed by atoms with E-state index >= 15 is 0 Å². The van der Waals surface area contributed by atoms with Gasteiger partial charge < -0.3 is 0 Å². The van der Waals surface area contributed by atoms with Crippen LogP contribution in [0.1, 0.15) is 95.7 Å². The van der Waals surface area contributed by atoms with Crippen LogP contribution in [0.25, 0.3) is 0 Å². The third kappa shape index (κ3) is 11.1. The van der Waals surface area contributed by atoms with Crippen LogP contribution in [0, 0.1) is 56.4 Å². The number of rotatable bonds is 0. The maximum atomic E-state index is 2.25. The van der Waals surface area contributed by atoms with Gasteiger partial charge in [-0.05, 0) is 0 Å². The second-order valence-electron chi connectivity index (χ2n) is 11.8. The fraction of sp³-hybridized carbons (Fsp3) is 0.500. The van der Waals surface area contributed by atoms with E-state index in [1.54, 1.807) is 0 Å². The molecule has 0 aromatic heterocycles. The molecule has 0 saturated heterocycles. The maximum Gasteiger partial charge on any atom is 3.00 e. The molecule has 0 atom stereocenters. The Bertz CT molecular complexity index is 756. The van der Waals surface area contributed by atoms with Gasteiger partial charge in [0, 0.05) is 0 Å². The Kier molecular flexibility index (Phi) is 11.6. The Hall–Kier alpha value is -0.755. The molecule has 0 bridgehead atoms. The van der Waals surface area contributed by atoms with Gasteiger partial charge in [0.05, 0.1) is 0 Å². The van der Waals surface area contributed by atoms with Crippen LogP contribution in [0.5, 0.6) is 0 Å². The molecule has 0 amide bonds. The van der Waals surface area contributed by atoms with Crippen LogP contribution in [0.4, 0.5) is 0 Å². The van der Waals surface area contributed by atoms with Gasteiger partial charge in [0.15, 0.2) is 0 Å². The number of hydrogen-bond acceptors (Lipinski definition) is 0. The summed E-state index contributed by atoms with van der Waals surface area (Å²) in [7, 11) is 0. The minimum absolute atomic E-state index is 0. The third-order valence-corrected chi connectivity index (χ3v) is 5.32. The predicted molar refractivity (Wildman–Crippen MR) is 136 cm³/mol. The Morgan fingerprint density at radius 2 is 0.645 bits per heavy atom. The first kappa shape index (κ1) is 30.2. The van der Waals surface area contributed by atoms with Crippen molar-refractivity contribution in [3.05, 3.63) is 88.0 Å². The summed E-state index contributed by atoms with van der Waals surface area (Å²) in [6, 6.07) is 19.9. The standard InChI is InChI=1S/3C10H15.La/c3*1-8-5-6-9(7-8)10(2,3)4;/h3*5-7H,1-4H3;/q3*-1;+3. The van der Waals surface area contributed by atoms with Crippen LogP contribution >= 0.6 is 0 Å². The summed E-state index contributed by atoms with van der Waals surface area (Å²) in [6.45, 7) is 26.5. The second-order valence-corrected chi connectivity index (χ2v) is 11.8. The summed E-state index contributed by atoms with van der Waals surface area (Å²) in [6.07, 6.45) is 0. The quantitative estimate of drug-likeness (QED) is 0.248. The van der Waals surface area contributed by atoms with Gasteiger partial charge in [-0.25, -0.2) is 34.9 Å². The van der Waals surface area contributed by atoms with Gasteiger partial charge in [0.1, 0.15) is 0 Å². The van der Waals surface area contributed by atoms with Crippen molar-refractivity contribution in [1.82, 2.24) is 0 Å². The summed E-state index contributed by atoms with van der Waals surface area (Å²) in [5.74, 6) is 0. The molecule has 0 nitrogen and oxygen atoms in total. The predicted octanol–water partition coefficient (Wildman–Crippen LogP) is 9.03. The van der Waals surface area contributed by atoms with E-state index in [0.717, 1.165) is 0 Å². The normalized spacial score (nSPS) is 11.6. The van der Waals surface area contributed by atoms with Crippen LogP contribution in [-0.2, 0) is 16.2 Å². The number of hydrogen-bond donors (Lipinski definition) is 0. The van der Waals surface area contributed by atoms with Crippen LogP contribution in [0.15, 0.2) is 54.6 Å². The largest absolute Gasteiger partial charge is 3.00 e. The SMILES string of the molecule is Cc1cc[c-](C(C)(C)C)c1.Cc1cc[c-](C(C)(C)C)c1.Cc1cc[c-](C(C)(C)C)c1.[La+3]. The van der Waals surface area contributed by atoms with Crippen molar-refractivity contribution in [2.45, 2.75) is 99.3 Å². The molecule has 0 unspecified atom stereocenters. The van der Waals surface area contributed by atoms with Crippen molar-refractivity contribution in [3.8, 4) is 0 Å². The minimum Gasteiger partial charge on any atom is -0.211 e. The first-order valence-corrected chi connectivity index (χ1v) is 11.2. The molecule has 0 spiro atoms. The molecule has 1 heteroatoms. The summed E-state index contributed by atoms with van der Waals surface area (Å²) in [5.41, 5.74) is 9.34. The fourth-order valence-corrected chi connectivity index (χ4v) is 3.09. The minimum atomic E-state index is 0. The molecule has 0 N–H and O–H groups in total. The molecule has 0 aliphatic carbocycles. The molecule has 3 aromatic rings. The summed E-state index contributed by atoms with van der Waals surface area (Å²) >= 11 is 0. The van der Waals surface area contributed by atoms with E-state index in [4.69, 9.17) is 0 Å². The van der Waals surface area contributed by atoms with Gasteiger partial charge in [0.2, 0.25) is 0 Å². The second kappa shape index (κ2) is 11.9. The van der Waals surface area contributed by atoms with Crippen LogP contribution in [0.3, 0.4) is 0 Å². The monoisotopic (exact) mass is 544 g/mol. The zero-order valence-corrected chi connectivity index (χ0v) is 25.9. The van der Waals surface area contributed by atoms with Crippen molar-refractivity contribution in [1.29, 1.82) is 0 Å². The van der Waals surface area contributed by atoms with Crippen LogP contribution in [-0.4, -0.2) is 0 Å². The molecule has 3 rings (SSSR count). The van der Waals surface area contributed by atoms with E-state index in [2.05, 4.69) is 138 Å². The molecule has 3 aromatic carbocycles. The molecular formula is C30H45La. The average molecular weight is 545 g/mol. The zero-order valence-electron chi connectivity index (χ0n) is 22.3. The summed E-state index contributed by atoms with van der Waals surface area (Å²) in [5, 5.41) is 0. The van der Waals surface area contributed by atoms with Gasteiger partial charge in [-0.2, -0.15) is 53.1 Å². The van der Waals surface area contributed by atoms with E-state index in [0.29, 0.717) is 16.2 Å². The van der Waals surface area contributed by atoms with Crippen LogP contribution in [0.2, 0.25) is 0 Å². The third-order valence-electron chi connectivity index (χ3n) is 5.32. The Balaban J connectivity index is 0.000000429. The Morgan fingerprint density at radius 1 is 0.452 bits per heavy atom. The molecule has 0 radical (unpaired) electrons. The topological polar surface area (TPSA) is 0 Å². The van der Waals surface area contributed by atoms with E-state index in [1.165, 1.54) is 33.4 Å². The maximum absolute atomic E-state index is 2.25.